The third-order valence-electron chi connectivity index (χ3n) is 7.33. The van der Waals surface area contributed by atoms with Gasteiger partial charge in [0.2, 0.25) is 5.95 Å². The smallest absolute Gasteiger partial charge is 0.407 e. The van der Waals surface area contributed by atoms with E-state index in [-0.39, 0.29) is 28.4 Å². The van der Waals surface area contributed by atoms with Gasteiger partial charge in [-0.15, -0.1) is 0 Å². The van der Waals surface area contributed by atoms with Gasteiger partial charge in [0.25, 0.3) is 10.0 Å². The summed E-state index contributed by atoms with van der Waals surface area (Å²) in [7, 11) is -3.99. The molecule has 0 spiro atoms. The molecule has 0 radical (unpaired) electrons. The SMILES string of the molecule is C=Cc1ccccc1S(=O)(=O)Nc1ccc(Oc2ccncc2-c2ccnc(NC3CCC(NC(=O)OC(C)(C)C)CC3)n2)c(F)c1. The second-order valence-corrected chi connectivity index (χ2v) is 13.7. The average Bonchev–Trinajstić information content (AvgIpc) is 3.02. The van der Waals surface area contributed by atoms with Crippen molar-refractivity contribution in [3.8, 4) is 22.8 Å². The Bertz CT molecular complexity index is 1860. The van der Waals surface area contributed by atoms with E-state index in [4.69, 9.17) is 9.47 Å². The number of aromatic nitrogens is 3. The monoisotopic (exact) mass is 660 g/mol. The first-order valence-corrected chi connectivity index (χ1v) is 16.6. The van der Waals surface area contributed by atoms with Crippen LogP contribution in [0, 0.1) is 5.82 Å². The lowest BCUT2D eigenvalue weighted by Gasteiger charge is -2.30. The minimum Gasteiger partial charge on any atom is -0.453 e. The highest BCUT2D eigenvalue weighted by molar-refractivity contribution is 7.92. The number of amides is 1. The van der Waals surface area contributed by atoms with E-state index in [0.717, 1.165) is 31.7 Å². The van der Waals surface area contributed by atoms with Gasteiger partial charge in [-0.05, 0) is 82.3 Å². The number of alkyl carbamates (subject to hydrolysis) is 1. The molecule has 47 heavy (non-hydrogen) atoms. The van der Waals surface area contributed by atoms with Crippen LogP contribution in [0.3, 0.4) is 0 Å². The summed E-state index contributed by atoms with van der Waals surface area (Å²) in [4.78, 5) is 25.4. The summed E-state index contributed by atoms with van der Waals surface area (Å²) in [5.74, 6) is -0.171. The normalized spacial score (nSPS) is 16.5. The van der Waals surface area contributed by atoms with Crippen molar-refractivity contribution in [2.75, 3.05) is 10.0 Å². The van der Waals surface area contributed by atoms with Crippen molar-refractivity contribution in [1.82, 2.24) is 20.3 Å². The van der Waals surface area contributed by atoms with Crippen LogP contribution in [0.4, 0.5) is 20.8 Å². The summed E-state index contributed by atoms with van der Waals surface area (Å²) in [6.07, 6.45) is 8.90. The predicted octanol–water partition coefficient (Wildman–Crippen LogP) is 7.16. The van der Waals surface area contributed by atoms with Gasteiger partial charge in [0.15, 0.2) is 11.6 Å². The van der Waals surface area contributed by atoms with Crippen LogP contribution in [-0.2, 0) is 14.8 Å². The average molecular weight is 661 g/mol. The number of rotatable bonds is 10. The molecule has 0 aliphatic heterocycles. The first-order chi connectivity index (χ1) is 22.4. The molecule has 246 valence electrons. The number of halogens is 1. The van der Waals surface area contributed by atoms with Crippen LogP contribution < -0.4 is 20.1 Å². The molecule has 0 atom stereocenters. The maximum atomic E-state index is 15.2. The molecule has 0 bridgehead atoms. The number of hydrogen-bond donors (Lipinski definition) is 3. The summed E-state index contributed by atoms with van der Waals surface area (Å²) < 4.78 is 54.9. The number of pyridine rings is 1. The maximum Gasteiger partial charge on any atom is 0.407 e. The molecule has 1 aliphatic carbocycles. The molecule has 2 aromatic heterocycles. The fourth-order valence-corrected chi connectivity index (χ4v) is 6.42. The first kappa shape index (κ1) is 33.3. The largest absolute Gasteiger partial charge is 0.453 e. The zero-order valence-electron chi connectivity index (χ0n) is 26.4. The fourth-order valence-electron chi connectivity index (χ4n) is 5.15. The number of carbonyl (C=O) groups is 1. The molecule has 1 saturated carbocycles. The van der Waals surface area contributed by atoms with E-state index in [1.54, 1.807) is 42.7 Å². The lowest BCUT2D eigenvalue weighted by molar-refractivity contribution is 0.0492. The van der Waals surface area contributed by atoms with Crippen LogP contribution in [0.5, 0.6) is 11.5 Å². The van der Waals surface area contributed by atoms with E-state index in [2.05, 4.69) is 36.9 Å². The van der Waals surface area contributed by atoms with Gasteiger partial charge < -0.3 is 20.1 Å². The Kier molecular flexibility index (Phi) is 10.0. The van der Waals surface area contributed by atoms with Crippen molar-refractivity contribution in [2.45, 2.75) is 69.0 Å². The number of benzene rings is 2. The number of ether oxygens (including phenoxy) is 2. The van der Waals surface area contributed by atoms with E-state index >= 15 is 4.39 Å². The van der Waals surface area contributed by atoms with Gasteiger partial charge in [-0.2, -0.15) is 0 Å². The van der Waals surface area contributed by atoms with Crippen molar-refractivity contribution >= 4 is 33.8 Å². The highest BCUT2D eigenvalue weighted by Crippen LogP contribution is 2.34. The van der Waals surface area contributed by atoms with Crippen LogP contribution in [0.2, 0.25) is 0 Å². The zero-order chi connectivity index (χ0) is 33.6. The Balaban J connectivity index is 1.24. The number of sulfonamides is 1. The van der Waals surface area contributed by atoms with Crippen LogP contribution in [0.1, 0.15) is 52.0 Å². The molecule has 1 fully saturated rings. The van der Waals surface area contributed by atoms with Crippen LogP contribution in [0.25, 0.3) is 17.3 Å². The summed E-state index contributed by atoms with van der Waals surface area (Å²) >= 11 is 0. The highest BCUT2D eigenvalue weighted by atomic mass is 32.2. The molecule has 5 rings (SSSR count). The van der Waals surface area contributed by atoms with Gasteiger partial charge in [0, 0.05) is 36.7 Å². The Morgan fingerprint density at radius 2 is 1.74 bits per heavy atom. The van der Waals surface area contributed by atoms with E-state index in [1.807, 2.05) is 20.8 Å². The zero-order valence-corrected chi connectivity index (χ0v) is 27.2. The minimum absolute atomic E-state index is 0.0266. The number of hydrogen-bond acceptors (Lipinski definition) is 9. The molecule has 1 aliphatic rings. The fraction of sp³-hybridized carbons (Fsp3) is 0.294. The molecule has 0 unspecified atom stereocenters. The second kappa shape index (κ2) is 14.2. The number of carbonyl (C=O) groups excluding carboxylic acids is 1. The molecule has 4 aromatic rings. The van der Waals surface area contributed by atoms with Crippen molar-refractivity contribution in [1.29, 1.82) is 0 Å². The van der Waals surface area contributed by atoms with E-state index < -0.39 is 27.5 Å². The predicted molar refractivity (Wildman–Crippen MR) is 178 cm³/mol. The van der Waals surface area contributed by atoms with Gasteiger partial charge in [0.1, 0.15) is 11.4 Å². The topological polar surface area (TPSA) is 144 Å². The molecule has 0 saturated heterocycles. The summed E-state index contributed by atoms with van der Waals surface area (Å²) in [6.45, 7) is 9.15. The van der Waals surface area contributed by atoms with Gasteiger partial charge in [-0.1, -0.05) is 30.9 Å². The standard InChI is InChI=1S/C34H37FN6O5S/c1-5-22-8-6-7-9-31(22)47(43,44)41-25-14-15-30(27(35)20-25)45-29-17-18-36-21-26(29)28-16-19-37-32(40-28)38-23-10-12-24(13-11-23)39-33(42)46-34(2,3)4/h5-9,14-21,23-24,41H,1,10-13H2,2-4H3,(H,39,42)(H,37,38,40). The third kappa shape index (κ3) is 8.82. The summed E-state index contributed by atoms with van der Waals surface area (Å²) in [5.41, 5.74) is 0.925. The number of anilines is 2. The van der Waals surface area contributed by atoms with Gasteiger partial charge in [-0.3, -0.25) is 9.71 Å². The lowest BCUT2D eigenvalue weighted by atomic mass is 9.91. The van der Waals surface area contributed by atoms with E-state index in [1.165, 1.54) is 30.5 Å². The Labute approximate surface area is 273 Å². The van der Waals surface area contributed by atoms with Crippen molar-refractivity contribution in [3.05, 3.63) is 91.1 Å². The molecule has 11 nitrogen and oxygen atoms in total. The van der Waals surface area contributed by atoms with Crippen molar-refractivity contribution in [2.24, 2.45) is 0 Å². The summed E-state index contributed by atoms with van der Waals surface area (Å²) in [5, 5.41) is 6.32. The molecule has 2 aromatic carbocycles. The van der Waals surface area contributed by atoms with Gasteiger partial charge in [-0.25, -0.2) is 27.6 Å². The van der Waals surface area contributed by atoms with E-state index in [0.29, 0.717) is 28.5 Å². The molecular weight excluding hydrogens is 623 g/mol. The molecule has 1 amide bonds. The van der Waals surface area contributed by atoms with Gasteiger partial charge >= 0.3 is 6.09 Å². The second-order valence-electron chi connectivity index (χ2n) is 12.1. The third-order valence-corrected chi connectivity index (χ3v) is 8.78. The maximum absolute atomic E-state index is 15.2. The van der Waals surface area contributed by atoms with Crippen molar-refractivity contribution < 1.29 is 27.1 Å². The Morgan fingerprint density at radius 3 is 2.47 bits per heavy atom. The van der Waals surface area contributed by atoms with Crippen LogP contribution in [0.15, 0.2) is 84.7 Å². The van der Waals surface area contributed by atoms with Crippen LogP contribution in [-0.4, -0.2) is 47.1 Å². The quantitative estimate of drug-likeness (QED) is 0.161. The number of nitrogens with one attached hydrogen (secondary N) is 3. The Morgan fingerprint density at radius 1 is 1.00 bits per heavy atom. The molecule has 13 heteroatoms. The van der Waals surface area contributed by atoms with Gasteiger partial charge in [0.05, 0.1) is 21.8 Å². The minimum atomic E-state index is -3.99. The van der Waals surface area contributed by atoms with E-state index in [9.17, 15) is 13.2 Å². The molecule has 3 N–H and O–H groups in total. The Hall–Kier alpha value is -5.04. The highest BCUT2D eigenvalue weighted by Gasteiger charge is 2.25. The molecule has 2 heterocycles. The molecular formula is C34H37FN6O5S. The first-order valence-electron chi connectivity index (χ1n) is 15.2. The summed E-state index contributed by atoms with van der Waals surface area (Å²) in [6, 6.07) is 13.6. The van der Waals surface area contributed by atoms with Crippen molar-refractivity contribution in [3.63, 3.8) is 0 Å². The lowest BCUT2D eigenvalue weighted by Crippen LogP contribution is -2.42. The van der Waals surface area contributed by atoms with Crippen LogP contribution >= 0.6 is 0 Å². The number of nitrogens with zero attached hydrogens (tertiary/aromatic N) is 3.